The number of ether oxygens (including phenoxy) is 3. The van der Waals surface area contributed by atoms with E-state index in [1.54, 1.807) is 14.2 Å². The molecule has 0 bridgehead atoms. The minimum atomic E-state index is 0.0146. The van der Waals surface area contributed by atoms with E-state index in [0.717, 1.165) is 47.0 Å². The van der Waals surface area contributed by atoms with Gasteiger partial charge in [0, 0.05) is 37.3 Å². The third-order valence-electron chi connectivity index (χ3n) is 6.88. The molecule has 1 aliphatic heterocycles. The Labute approximate surface area is 224 Å². The van der Waals surface area contributed by atoms with Crippen LogP contribution in [0, 0.1) is 0 Å². The van der Waals surface area contributed by atoms with Crippen LogP contribution in [0.25, 0.3) is 11.1 Å². The first-order valence-corrected chi connectivity index (χ1v) is 12.8. The van der Waals surface area contributed by atoms with Crippen molar-refractivity contribution in [3.05, 3.63) is 108 Å². The average Bonchev–Trinajstić information content (AvgIpc) is 3.00. The Kier molecular flexibility index (Phi) is 7.78. The lowest BCUT2D eigenvalue weighted by Crippen LogP contribution is -2.48. The summed E-state index contributed by atoms with van der Waals surface area (Å²) < 4.78 is 17.1. The molecule has 0 radical (unpaired) electrons. The van der Waals surface area contributed by atoms with Gasteiger partial charge in [0.15, 0.2) is 0 Å². The van der Waals surface area contributed by atoms with Crippen LogP contribution >= 0.6 is 0 Å². The molecule has 0 aromatic heterocycles. The van der Waals surface area contributed by atoms with Gasteiger partial charge in [-0.3, -0.25) is 4.79 Å². The Morgan fingerprint density at radius 3 is 2.08 bits per heavy atom. The second kappa shape index (κ2) is 11.7. The summed E-state index contributed by atoms with van der Waals surface area (Å²) in [6.07, 6.45) is 0. The number of hydrogen-bond acceptors (Lipinski definition) is 5. The minimum absolute atomic E-state index is 0.0146. The zero-order chi connectivity index (χ0) is 26.3. The molecule has 38 heavy (non-hydrogen) atoms. The van der Waals surface area contributed by atoms with Gasteiger partial charge in [-0.1, -0.05) is 54.6 Å². The summed E-state index contributed by atoms with van der Waals surface area (Å²) in [5.41, 5.74) is 4.82. The molecular formula is C32H32N2O4. The van der Waals surface area contributed by atoms with Crippen molar-refractivity contribution in [2.75, 3.05) is 45.3 Å². The van der Waals surface area contributed by atoms with Crippen molar-refractivity contribution in [2.45, 2.75) is 6.61 Å². The van der Waals surface area contributed by atoms with E-state index >= 15 is 0 Å². The van der Waals surface area contributed by atoms with Crippen LogP contribution in [-0.4, -0.2) is 51.2 Å². The van der Waals surface area contributed by atoms with Gasteiger partial charge in [-0.05, 0) is 53.6 Å². The lowest BCUT2D eigenvalue weighted by atomic mass is 10.1. The second-order valence-corrected chi connectivity index (χ2v) is 9.16. The van der Waals surface area contributed by atoms with E-state index in [1.807, 2.05) is 83.8 Å². The molecule has 1 aliphatic rings. The quantitative estimate of drug-likeness (QED) is 0.296. The molecule has 4 aromatic carbocycles. The Morgan fingerprint density at radius 2 is 1.37 bits per heavy atom. The summed E-state index contributed by atoms with van der Waals surface area (Å²) in [6.45, 7) is 3.08. The molecule has 5 rings (SSSR count). The van der Waals surface area contributed by atoms with Crippen molar-refractivity contribution in [3.63, 3.8) is 0 Å². The van der Waals surface area contributed by atoms with Crippen LogP contribution in [-0.2, 0) is 6.61 Å². The summed E-state index contributed by atoms with van der Waals surface area (Å²) >= 11 is 0. The van der Waals surface area contributed by atoms with Crippen LogP contribution in [0.5, 0.6) is 17.2 Å². The third-order valence-corrected chi connectivity index (χ3v) is 6.88. The number of anilines is 1. The molecule has 1 amide bonds. The molecule has 6 nitrogen and oxygen atoms in total. The van der Waals surface area contributed by atoms with Crippen molar-refractivity contribution >= 4 is 11.6 Å². The third kappa shape index (κ3) is 5.59. The van der Waals surface area contributed by atoms with Gasteiger partial charge in [-0.15, -0.1) is 0 Å². The summed E-state index contributed by atoms with van der Waals surface area (Å²) in [4.78, 5) is 17.5. The average molecular weight is 509 g/mol. The normalized spacial score (nSPS) is 13.2. The molecule has 6 heteroatoms. The SMILES string of the molecule is COc1ccc(C(=O)N2CCN(c3ccccc3OC)CC2)cc1COc1ccc(-c2ccccc2)cc1. The fourth-order valence-electron chi connectivity index (χ4n) is 4.78. The van der Waals surface area contributed by atoms with Crippen LogP contribution in [0.1, 0.15) is 15.9 Å². The molecule has 1 fully saturated rings. The Balaban J connectivity index is 1.23. The second-order valence-electron chi connectivity index (χ2n) is 9.16. The highest BCUT2D eigenvalue weighted by Gasteiger charge is 2.24. The highest BCUT2D eigenvalue weighted by molar-refractivity contribution is 5.94. The number of rotatable bonds is 8. The smallest absolute Gasteiger partial charge is 0.253 e. The minimum Gasteiger partial charge on any atom is -0.496 e. The number of nitrogens with zero attached hydrogens (tertiary/aromatic N) is 2. The van der Waals surface area contributed by atoms with E-state index in [1.165, 1.54) is 0 Å². The monoisotopic (exact) mass is 508 g/mol. The number of hydrogen-bond donors (Lipinski definition) is 0. The maximum Gasteiger partial charge on any atom is 0.253 e. The first kappa shape index (κ1) is 25.2. The summed E-state index contributed by atoms with van der Waals surface area (Å²) in [5.74, 6) is 2.32. The van der Waals surface area contributed by atoms with Gasteiger partial charge in [0.1, 0.15) is 23.9 Å². The number of piperazine rings is 1. The molecule has 4 aromatic rings. The Hall–Kier alpha value is -4.45. The van der Waals surface area contributed by atoms with E-state index < -0.39 is 0 Å². The number of carbonyl (C=O) groups excluding carboxylic acids is 1. The number of benzene rings is 4. The molecular weight excluding hydrogens is 476 g/mol. The Bertz CT molecular complexity index is 1360. The van der Waals surface area contributed by atoms with Crippen molar-refractivity contribution in [1.29, 1.82) is 0 Å². The predicted octanol–water partition coefficient (Wildman–Crippen LogP) is 5.91. The molecule has 0 atom stereocenters. The van der Waals surface area contributed by atoms with Gasteiger partial charge in [-0.2, -0.15) is 0 Å². The van der Waals surface area contributed by atoms with Crippen molar-refractivity contribution < 1.29 is 19.0 Å². The maximum absolute atomic E-state index is 13.4. The van der Waals surface area contributed by atoms with Gasteiger partial charge in [0.2, 0.25) is 0 Å². The lowest BCUT2D eigenvalue weighted by molar-refractivity contribution is 0.0746. The van der Waals surface area contributed by atoms with E-state index in [9.17, 15) is 4.79 Å². The van der Waals surface area contributed by atoms with Crippen molar-refractivity contribution in [1.82, 2.24) is 4.90 Å². The highest BCUT2D eigenvalue weighted by Crippen LogP contribution is 2.29. The molecule has 0 aliphatic carbocycles. The van der Waals surface area contributed by atoms with Crippen molar-refractivity contribution in [2.24, 2.45) is 0 Å². The largest absolute Gasteiger partial charge is 0.496 e. The van der Waals surface area contributed by atoms with E-state index in [2.05, 4.69) is 23.1 Å². The van der Waals surface area contributed by atoms with Crippen LogP contribution in [0.4, 0.5) is 5.69 Å². The lowest BCUT2D eigenvalue weighted by Gasteiger charge is -2.36. The zero-order valence-corrected chi connectivity index (χ0v) is 21.8. The number of carbonyl (C=O) groups is 1. The molecule has 1 saturated heterocycles. The summed E-state index contributed by atoms with van der Waals surface area (Å²) in [7, 11) is 3.31. The number of amides is 1. The van der Waals surface area contributed by atoms with Gasteiger partial charge in [0.25, 0.3) is 5.91 Å². The van der Waals surface area contributed by atoms with Crippen LogP contribution < -0.4 is 19.1 Å². The first-order chi connectivity index (χ1) is 18.7. The molecule has 0 spiro atoms. The van der Waals surface area contributed by atoms with Gasteiger partial charge in [0.05, 0.1) is 19.9 Å². The highest BCUT2D eigenvalue weighted by atomic mass is 16.5. The predicted molar refractivity (Wildman–Crippen MR) is 150 cm³/mol. The standard InChI is InChI=1S/C32H32N2O4/c1-36-30-17-14-26(32(35)34-20-18-33(19-21-34)29-10-6-7-11-31(29)37-2)22-27(30)23-38-28-15-12-25(13-16-28)24-8-4-3-5-9-24/h3-17,22H,18-21,23H2,1-2H3. The number of methoxy groups -OCH3 is 2. The topological polar surface area (TPSA) is 51.2 Å². The van der Waals surface area contributed by atoms with E-state index in [-0.39, 0.29) is 5.91 Å². The fraction of sp³-hybridized carbons (Fsp3) is 0.219. The van der Waals surface area contributed by atoms with Crippen LogP contribution in [0.15, 0.2) is 97.1 Å². The van der Waals surface area contributed by atoms with Gasteiger partial charge < -0.3 is 24.0 Å². The maximum atomic E-state index is 13.4. The molecule has 1 heterocycles. The van der Waals surface area contributed by atoms with E-state index in [4.69, 9.17) is 14.2 Å². The molecule has 0 unspecified atom stereocenters. The number of para-hydroxylation sites is 2. The van der Waals surface area contributed by atoms with E-state index in [0.29, 0.717) is 31.0 Å². The summed E-state index contributed by atoms with van der Waals surface area (Å²) in [6, 6.07) is 31.8. The van der Waals surface area contributed by atoms with Crippen LogP contribution in [0.3, 0.4) is 0 Å². The first-order valence-electron chi connectivity index (χ1n) is 12.8. The summed E-state index contributed by atoms with van der Waals surface area (Å²) in [5, 5.41) is 0. The van der Waals surface area contributed by atoms with Crippen LogP contribution in [0.2, 0.25) is 0 Å². The zero-order valence-electron chi connectivity index (χ0n) is 21.8. The molecule has 0 N–H and O–H groups in total. The van der Waals surface area contributed by atoms with Gasteiger partial charge in [-0.25, -0.2) is 0 Å². The van der Waals surface area contributed by atoms with Crippen molar-refractivity contribution in [3.8, 4) is 28.4 Å². The molecule has 194 valence electrons. The Morgan fingerprint density at radius 1 is 0.711 bits per heavy atom. The molecule has 0 saturated carbocycles. The fourth-order valence-corrected chi connectivity index (χ4v) is 4.78. The van der Waals surface area contributed by atoms with Gasteiger partial charge >= 0.3 is 0 Å².